The Labute approximate surface area is 155 Å². The van der Waals surface area contributed by atoms with Crippen molar-refractivity contribution >= 4 is 0 Å². The first-order valence-electron chi connectivity index (χ1n) is 9.31. The second-order valence-corrected chi connectivity index (χ2v) is 7.40. The molecule has 0 radical (unpaired) electrons. The topological polar surface area (TPSA) is 32.3 Å². The van der Waals surface area contributed by atoms with Gasteiger partial charge in [0.2, 0.25) is 0 Å². The lowest BCUT2D eigenvalue weighted by atomic mass is 9.96. The maximum absolute atomic E-state index is 10.1. The van der Waals surface area contributed by atoms with Crippen LogP contribution in [0, 0.1) is 0 Å². The van der Waals surface area contributed by atoms with Crippen LogP contribution in [0.15, 0.2) is 78.9 Å². The van der Waals surface area contributed by atoms with Crippen LogP contribution in [0.3, 0.4) is 0 Å². The monoisotopic (exact) mass is 343 g/mol. The number of aliphatic hydroxyl groups is 1. The molecule has 0 heterocycles. The van der Waals surface area contributed by atoms with E-state index in [-0.39, 0.29) is 12.1 Å². The van der Waals surface area contributed by atoms with Crippen LogP contribution in [0.1, 0.15) is 27.8 Å². The van der Waals surface area contributed by atoms with Gasteiger partial charge in [-0.15, -0.1) is 0 Å². The Hall–Kier alpha value is -2.42. The summed E-state index contributed by atoms with van der Waals surface area (Å²) < 4.78 is 0. The number of nitrogens with one attached hydrogen (secondary N) is 1. The lowest BCUT2D eigenvalue weighted by molar-refractivity contribution is 0.166. The predicted molar refractivity (Wildman–Crippen MR) is 106 cm³/mol. The summed E-state index contributed by atoms with van der Waals surface area (Å²) in [6.07, 6.45) is 2.73. The third-order valence-electron chi connectivity index (χ3n) is 5.39. The van der Waals surface area contributed by atoms with Crippen LogP contribution in [-0.2, 0) is 25.8 Å². The average molecular weight is 343 g/mol. The van der Waals surface area contributed by atoms with Gasteiger partial charge in [0.05, 0.1) is 6.61 Å². The third-order valence-corrected chi connectivity index (χ3v) is 5.39. The second kappa shape index (κ2) is 7.45. The quantitative estimate of drug-likeness (QED) is 0.711. The summed E-state index contributed by atoms with van der Waals surface area (Å²) in [5.41, 5.74) is 6.39. The van der Waals surface area contributed by atoms with E-state index in [2.05, 4.69) is 84.2 Å². The largest absolute Gasteiger partial charge is 0.394 e. The highest BCUT2D eigenvalue weighted by Crippen LogP contribution is 2.30. The van der Waals surface area contributed by atoms with Gasteiger partial charge < -0.3 is 10.4 Å². The predicted octanol–water partition coefficient (Wildman–Crippen LogP) is 3.90. The molecule has 2 N–H and O–H groups in total. The van der Waals surface area contributed by atoms with E-state index in [1.165, 1.54) is 27.8 Å². The van der Waals surface area contributed by atoms with Crippen molar-refractivity contribution < 1.29 is 5.11 Å². The van der Waals surface area contributed by atoms with Crippen molar-refractivity contribution in [2.75, 3.05) is 6.61 Å². The number of rotatable bonds is 6. The average Bonchev–Trinajstić information content (AvgIpc) is 3.07. The van der Waals surface area contributed by atoms with Crippen molar-refractivity contribution in [1.29, 1.82) is 0 Å². The van der Waals surface area contributed by atoms with Gasteiger partial charge >= 0.3 is 0 Å². The molecule has 2 nitrogen and oxygen atoms in total. The summed E-state index contributed by atoms with van der Waals surface area (Å²) in [5.74, 6) is 0. The molecular weight excluding hydrogens is 318 g/mol. The van der Waals surface area contributed by atoms with Gasteiger partial charge in [-0.05, 0) is 47.1 Å². The highest BCUT2D eigenvalue weighted by atomic mass is 16.3. The molecule has 3 aromatic carbocycles. The molecule has 0 bridgehead atoms. The number of aliphatic hydroxyl groups excluding tert-OH is 1. The van der Waals surface area contributed by atoms with Gasteiger partial charge in [0, 0.05) is 12.1 Å². The van der Waals surface area contributed by atoms with Crippen LogP contribution >= 0.6 is 0 Å². The van der Waals surface area contributed by atoms with Crippen LogP contribution in [0.4, 0.5) is 0 Å². The minimum Gasteiger partial charge on any atom is -0.394 e. The summed E-state index contributed by atoms with van der Waals surface area (Å²) in [6, 6.07) is 27.8. The minimum absolute atomic E-state index is 0.158. The van der Waals surface area contributed by atoms with Gasteiger partial charge in [0.25, 0.3) is 0 Å². The van der Waals surface area contributed by atoms with Crippen LogP contribution in [0.2, 0.25) is 0 Å². The van der Waals surface area contributed by atoms with Gasteiger partial charge in [-0.1, -0.05) is 78.9 Å². The minimum atomic E-state index is -0.237. The Morgan fingerprint density at radius 3 is 2.04 bits per heavy atom. The summed E-state index contributed by atoms with van der Waals surface area (Å²) in [7, 11) is 0. The van der Waals surface area contributed by atoms with E-state index in [0.29, 0.717) is 0 Å². The van der Waals surface area contributed by atoms with Gasteiger partial charge in [-0.2, -0.15) is 0 Å². The standard InChI is InChI=1S/C24H25NO/c26-18-24(15-22-11-4-5-12-23(22)16-24)25-17-21-10-6-9-20(14-21)13-19-7-2-1-3-8-19/h1-12,14,25-26H,13,15-18H2. The highest BCUT2D eigenvalue weighted by Gasteiger charge is 2.35. The molecular formula is C24H25NO. The molecule has 4 rings (SSSR count). The summed E-state index contributed by atoms with van der Waals surface area (Å²) >= 11 is 0. The van der Waals surface area contributed by atoms with Crippen LogP contribution < -0.4 is 5.32 Å². The lowest BCUT2D eigenvalue weighted by Crippen LogP contribution is -2.49. The summed E-state index contributed by atoms with van der Waals surface area (Å²) in [5, 5.41) is 13.7. The Balaban J connectivity index is 1.44. The van der Waals surface area contributed by atoms with Crippen molar-refractivity contribution in [2.45, 2.75) is 31.3 Å². The highest BCUT2D eigenvalue weighted by molar-refractivity contribution is 5.37. The molecule has 0 amide bonds. The van der Waals surface area contributed by atoms with Crippen LogP contribution in [0.5, 0.6) is 0 Å². The zero-order valence-corrected chi connectivity index (χ0v) is 15.0. The maximum atomic E-state index is 10.1. The smallest absolute Gasteiger partial charge is 0.0619 e. The molecule has 0 atom stereocenters. The van der Waals surface area contributed by atoms with E-state index in [1.54, 1.807) is 0 Å². The Bertz CT molecular complexity index is 847. The molecule has 2 heteroatoms. The van der Waals surface area contributed by atoms with E-state index in [0.717, 1.165) is 25.8 Å². The van der Waals surface area contributed by atoms with Crippen LogP contribution in [0.25, 0.3) is 0 Å². The molecule has 0 aliphatic heterocycles. The summed E-state index contributed by atoms with van der Waals surface area (Å²) in [4.78, 5) is 0. The van der Waals surface area contributed by atoms with E-state index < -0.39 is 0 Å². The number of benzene rings is 3. The van der Waals surface area contributed by atoms with Crippen molar-refractivity contribution in [2.24, 2.45) is 0 Å². The first-order valence-corrected chi connectivity index (χ1v) is 9.31. The molecule has 3 aromatic rings. The van der Waals surface area contributed by atoms with Crippen molar-refractivity contribution in [3.05, 3.63) is 107 Å². The maximum Gasteiger partial charge on any atom is 0.0619 e. The second-order valence-electron chi connectivity index (χ2n) is 7.40. The number of hydrogen-bond acceptors (Lipinski definition) is 2. The third kappa shape index (κ3) is 3.72. The first kappa shape index (κ1) is 17.0. The Morgan fingerprint density at radius 2 is 1.35 bits per heavy atom. The Kier molecular flexibility index (Phi) is 4.87. The van der Waals surface area contributed by atoms with Gasteiger partial charge in [0.15, 0.2) is 0 Å². The zero-order chi connectivity index (χ0) is 17.8. The van der Waals surface area contributed by atoms with Crippen molar-refractivity contribution in [3.8, 4) is 0 Å². The molecule has 0 unspecified atom stereocenters. The van der Waals surface area contributed by atoms with E-state index in [9.17, 15) is 5.11 Å². The van der Waals surface area contributed by atoms with Crippen molar-refractivity contribution in [3.63, 3.8) is 0 Å². The van der Waals surface area contributed by atoms with Gasteiger partial charge in [-0.25, -0.2) is 0 Å². The summed E-state index contributed by atoms with van der Waals surface area (Å²) in [6.45, 7) is 0.933. The van der Waals surface area contributed by atoms with E-state index in [4.69, 9.17) is 0 Å². The fraction of sp³-hybridized carbons (Fsp3) is 0.250. The fourth-order valence-corrected chi connectivity index (χ4v) is 3.96. The molecule has 26 heavy (non-hydrogen) atoms. The van der Waals surface area contributed by atoms with Crippen LogP contribution in [-0.4, -0.2) is 17.3 Å². The van der Waals surface area contributed by atoms with Gasteiger partial charge in [-0.3, -0.25) is 0 Å². The number of fused-ring (bicyclic) bond motifs is 1. The normalized spacial score (nSPS) is 15.0. The number of hydrogen-bond donors (Lipinski definition) is 2. The molecule has 0 saturated heterocycles. The first-order chi connectivity index (χ1) is 12.8. The molecule has 1 aliphatic carbocycles. The molecule has 132 valence electrons. The fourth-order valence-electron chi connectivity index (χ4n) is 3.96. The SMILES string of the molecule is OCC1(NCc2cccc(Cc3ccccc3)c2)Cc2ccccc2C1. The molecule has 1 aliphatic rings. The molecule has 0 spiro atoms. The van der Waals surface area contributed by atoms with Crippen molar-refractivity contribution in [1.82, 2.24) is 5.32 Å². The molecule has 0 aromatic heterocycles. The van der Waals surface area contributed by atoms with E-state index in [1.807, 2.05) is 0 Å². The molecule has 0 fully saturated rings. The van der Waals surface area contributed by atoms with E-state index >= 15 is 0 Å². The zero-order valence-electron chi connectivity index (χ0n) is 15.0. The lowest BCUT2D eigenvalue weighted by Gasteiger charge is -2.28. The Morgan fingerprint density at radius 1 is 0.731 bits per heavy atom. The van der Waals surface area contributed by atoms with Gasteiger partial charge in [0.1, 0.15) is 0 Å². The molecule has 0 saturated carbocycles.